The molecule has 0 radical (unpaired) electrons. The number of hydrogen-bond acceptors (Lipinski definition) is 2. The lowest BCUT2D eigenvalue weighted by Crippen LogP contribution is -1.99. The van der Waals surface area contributed by atoms with E-state index in [0.717, 1.165) is 28.3 Å². The zero-order valence-corrected chi connectivity index (χ0v) is 18.3. The van der Waals surface area contributed by atoms with Gasteiger partial charge < -0.3 is 4.57 Å². The third-order valence-electron chi connectivity index (χ3n) is 6.46. The molecule has 0 saturated carbocycles. The minimum atomic E-state index is 0.802. The first-order valence-corrected chi connectivity index (χ1v) is 11.4. The summed E-state index contributed by atoms with van der Waals surface area (Å²) in [5, 5.41) is 12.7. The summed E-state index contributed by atoms with van der Waals surface area (Å²) in [6.45, 7) is 0. The Morgan fingerprint density at radius 3 is 2.09 bits per heavy atom. The maximum absolute atomic E-state index is 4.56. The average Bonchev–Trinajstić information content (AvgIpc) is 3.47. The Hall–Kier alpha value is -4.70. The molecule has 7 aromatic rings. The summed E-state index contributed by atoms with van der Waals surface area (Å²) in [5.74, 6) is 0.802. The number of fused-ring (bicyclic) bond motifs is 4. The van der Waals surface area contributed by atoms with Gasteiger partial charge in [0, 0.05) is 33.6 Å². The Balaban J connectivity index is 1.44. The Morgan fingerprint density at radius 1 is 0.529 bits per heavy atom. The smallest absolute Gasteiger partial charge is 0.159 e. The fraction of sp³-hybridized carbons (Fsp3) is 0. The van der Waals surface area contributed by atoms with Gasteiger partial charge in [-0.15, -0.1) is 10.2 Å². The molecule has 0 spiro atoms. The second kappa shape index (κ2) is 7.42. The van der Waals surface area contributed by atoms with Crippen LogP contribution in [0.15, 0.2) is 121 Å². The summed E-state index contributed by atoms with van der Waals surface area (Å²) in [6.07, 6.45) is 2.07. The summed E-state index contributed by atoms with van der Waals surface area (Å²) in [6, 6.07) is 40.0. The summed E-state index contributed by atoms with van der Waals surface area (Å²) in [7, 11) is 0. The van der Waals surface area contributed by atoms with Crippen LogP contribution in [0.25, 0.3) is 55.5 Å². The van der Waals surface area contributed by atoms with Crippen molar-refractivity contribution in [2.75, 3.05) is 0 Å². The van der Waals surface area contributed by atoms with Crippen molar-refractivity contribution >= 4 is 32.7 Å². The molecule has 0 saturated heterocycles. The average molecular weight is 437 g/mol. The van der Waals surface area contributed by atoms with Crippen molar-refractivity contribution in [2.45, 2.75) is 0 Å². The molecule has 3 aromatic heterocycles. The number of nitrogens with zero attached hydrogens (tertiary/aromatic N) is 4. The van der Waals surface area contributed by atoms with Crippen molar-refractivity contribution in [1.82, 2.24) is 19.3 Å². The number of benzene rings is 4. The van der Waals surface area contributed by atoms with Gasteiger partial charge in [-0.05, 0) is 48.5 Å². The van der Waals surface area contributed by atoms with Crippen LogP contribution in [-0.4, -0.2) is 19.3 Å². The quantitative estimate of drug-likeness (QED) is 0.294. The molecule has 0 fully saturated rings. The van der Waals surface area contributed by atoms with E-state index in [2.05, 4.69) is 98.3 Å². The van der Waals surface area contributed by atoms with Gasteiger partial charge in [0.2, 0.25) is 0 Å². The number of hydrogen-bond donors (Lipinski definition) is 0. The van der Waals surface area contributed by atoms with Gasteiger partial charge in [0.1, 0.15) is 0 Å². The molecule has 4 heteroatoms. The number of para-hydroxylation sites is 2. The van der Waals surface area contributed by atoms with Crippen LogP contribution in [0.2, 0.25) is 0 Å². The van der Waals surface area contributed by atoms with Crippen molar-refractivity contribution in [3.63, 3.8) is 0 Å². The van der Waals surface area contributed by atoms with Gasteiger partial charge in [-0.25, -0.2) is 0 Å². The van der Waals surface area contributed by atoms with E-state index in [4.69, 9.17) is 0 Å². The maximum Gasteiger partial charge on any atom is 0.159 e. The van der Waals surface area contributed by atoms with Crippen LogP contribution in [0.3, 0.4) is 0 Å². The predicted molar refractivity (Wildman–Crippen MR) is 139 cm³/mol. The molecule has 3 heterocycles. The van der Waals surface area contributed by atoms with E-state index in [9.17, 15) is 0 Å². The molecule has 34 heavy (non-hydrogen) atoms. The monoisotopic (exact) mass is 436 g/mol. The van der Waals surface area contributed by atoms with Crippen molar-refractivity contribution < 1.29 is 0 Å². The lowest BCUT2D eigenvalue weighted by molar-refractivity contribution is 0.941. The molecule has 0 amide bonds. The lowest BCUT2D eigenvalue weighted by Gasteiger charge is -2.09. The highest BCUT2D eigenvalue weighted by atomic mass is 15.2. The fourth-order valence-electron chi connectivity index (χ4n) is 4.87. The third kappa shape index (κ3) is 2.86. The zero-order chi connectivity index (χ0) is 22.5. The summed E-state index contributed by atoms with van der Waals surface area (Å²) >= 11 is 0. The van der Waals surface area contributed by atoms with Crippen LogP contribution in [0.5, 0.6) is 0 Å². The normalized spacial score (nSPS) is 11.5. The van der Waals surface area contributed by atoms with E-state index in [1.54, 1.807) is 0 Å². The molecular formula is C30H20N4. The summed E-state index contributed by atoms with van der Waals surface area (Å²) in [4.78, 5) is 0. The molecule has 160 valence electrons. The molecule has 7 rings (SSSR count). The Kier molecular flexibility index (Phi) is 4.11. The summed E-state index contributed by atoms with van der Waals surface area (Å²) < 4.78 is 4.45. The topological polar surface area (TPSA) is 35.6 Å². The van der Waals surface area contributed by atoms with E-state index in [1.807, 2.05) is 42.5 Å². The van der Waals surface area contributed by atoms with Crippen molar-refractivity contribution in [3.05, 3.63) is 121 Å². The number of rotatable bonds is 3. The minimum Gasteiger partial charge on any atom is -0.309 e. The molecule has 0 aliphatic carbocycles. The first kappa shape index (κ1) is 18.8. The third-order valence-corrected chi connectivity index (χ3v) is 6.46. The van der Waals surface area contributed by atoms with Crippen molar-refractivity contribution in [3.8, 4) is 22.8 Å². The zero-order valence-electron chi connectivity index (χ0n) is 18.3. The highest BCUT2D eigenvalue weighted by molar-refractivity contribution is 6.13. The first-order valence-electron chi connectivity index (χ1n) is 11.4. The fourth-order valence-corrected chi connectivity index (χ4v) is 4.87. The van der Waals surface area contributed by atoms with Gasteiger partial charge in [0.15, 0.2) is 5.82 Å². The molecule has 0 aliphatic heterocycles. The van der Waals surface area contributed by atoms with E-state index in [-0.39, 0.29) is 0 Å². The van der Waals surface area contributed by atoms with Gasteiger partial charge in [-0.2, -0.15) is 0 Å². The van der Waals surface area contributed by atoms with Crippen molar-refractivity contribution in [2.24, 2.45) is 0 Å². The van der Waals surface area contributed by atoms with Crippen LogP contribution in [0, 0.1) is 0 Å². The standard InChI is InChI=1S/C30H20N4/c1-3-9-21(10-4-1)26-15-16-30(32-31-26)33-18-17-22-19-25-24-13-7-8-14-27(24)34(29(25)20-28(22)33)23-11-5-2-6-12-23/h1-20H. The molecule has 0 bridgehead atoms. The molecule has 4 aromatic carbocycles. The highest BCUT2D eigenvalue weighted by Crippen LogP contribution is 2.35. The minimum absolute atomic E-state index is 0.802. The lowest BCUT2D eigenvalue weighted by atomic mass is 10.1. The Morgan fingerprint density at radius 2 is 1.29 bits per heavy atom. The second-order valence-corrected chi connectivity index (χ2v) is 8.44. The molecule has 0 atom stereocenters. The molecule has 0 N–H and O–H groups in total. The van der Waals surface area contributed by atoms with Gasteiger partial charge in [-0.1, -0.05) is 66.7 Å². The maximum atomic E-state index is 4.56. The SMILES string of the molecule is c1ccc(-c2ccc(-n3ccc4cc5c6ccccc6n(-c6ccccc6)c5cc43)nn2)cc1. The van der Waals surface area contributed by atoms with Crippen LogP contribution in [-0.2, 0) is 0 Å². The number of aromatic nitrogens is 4. The molecule has 0 unspecified atom stereocenters. The highest BCUT2D eigenvalue weighted by Gasteiger charge is 2.15. The van der Waals surface area contributed by atoms with E-state index in [0.29, 0.717) is 0 Å². The van der Waals surface area contributed by atoms with Crippen LogP contribution in [0.4, 0.5) is 0 Å². The molecule has 4 nitrogen and oxygen atoms in total. The van der Waals surface area contributed by atoms with Crippen molar-refractivity contribution in [1.29, 1.82) is 0 Å². The van der Waals surface area contributed by atoms with Gasteiger partial charge >= 0.3 is 0 Å². The van der Waals surface area contributed by atoms with Gasteiger partial charge in [0.05, 0.1) is 22.2 Å². The Labute approximate surface area is 196 Å². The van der Waals surface area contributed by atoms with E-state index in [1.165, 1.54) is 27.2 Å². The summed E-state index contributed by atoms with van der Waals surface area (Å²) in [5.41, 5.74) is 6.57. The van der Waals surface area contributed by atoms with Gasteiger partial charge in [0.25, 0.3) is 0 Å². The van der Waals surface area contributed by atoms with Crippen LogP contribution in [0.1, 0.15) is 0 Å². The first-order chi connectivity index (χ1) is 16.9. The predicted octanol–water partition coefficient (Wildman–Crippen LogP) is 7.18. The Bertz CT molecular complexity index is 1780. The van der Waals surface area contributed by atoms with Crippen LogP contribution < -0.4 is 0 Å². The van der Waals surface area contributed by atoms with Gasteiger partial charge in [-0.3, -0.25) is 4.57 Å². The van der Waals surface area contributed by atoms with E-state index >= 15 is 0 Å². The molecule has 0 aliphatic rings. The second-order valence-electron chi connectivity index (χ2n) is 8.44. The molecular weight excluding hydrogens is 416 g/mol. The van der Waals surface area contributed by atoms with E-state index < -0.39 is 0 Å². The largest absolute Gasteiger partial charge is 0.309 e. The van der Waals surface area contributed by atoms with Crippen LogP contribution >= 0.6 is 0 Å².